The van der Waals surface area contributed by atoms with E-state index < -0.39 is 10.0 Å². The van der Waals surface area contributed by atoms with Gasteiger partial charge in [-0.1, -0.05) is 41.4 Å². The Labute approximate surface area is 164 Å². The molecule has 0 aliphatic carbocycles. The normalized spacial score (nSPS) is 16.6. The zero-order chi connectivity index (χ0) is 18.7. The Morgan fingerprint density at radius 2 is 1.73 bits per heavy atom. The number of rotatable bonds is 5. The molecule has 1 heterocycles. The second-order valence-corrected chi connectivity index (χ2v) is 8.78. The minimum atomic E-state index is -3.65. The van der Waals surface area contributed by atoms with Crippen LogP contribution >= 0.6 is 23.2 Å². The molecule has 0 aromatic heterocycles. The molecule has 1 aliphatic rings. The number of hydrogen-bond donors (Lipinski definition) is 0. The zero-order valence-corrected chi connectivity index (χ0v) is 16.7. The summed E-state index contributed by atoms with van der Waals surface area (Å²) in [6.45, 7) is 2.87. The first kappa shape index (κ1) is 19.5. The maximum Gasteiger partial charge on any atom is 0.244 e. The van der Waals surface area contributed by atoms with Gasteiger partial charge in [0.1, 0.15) is 10.6 Å². The summed E-state index contributed by atoms with van der Waals surface area (Å²) in [5, 5.41) is 0.317. The van der Waals surface area contributed by atoms with Crippen LogP contribution in [0.15, 0.2) is 47.4 Å². The minimum absolute atomic E-state index is 0.0629. The number of ether oxygens (including phenoxy) is 1. The third-order valence-electron chi connectivity index (χ3n) is 4.41. The number of nitrogens with zero attached hydrogens (tertiary/aromatic N) is 2. The highest BCUT2D eigenvalue weighted by Gasteiger charge is 2.30. The second-order valence-electron chi connectivity index (χ2n) is 6.08. The Kier molecular flexibility index (Phi) is 6.10. The van der Waals surface area contributed by atoms with Crippen molar-refractivity contribution in [3.05, 3.63) is 58.1 Å². The van der Waals surface area contributed by atoms with Crippen LogP contribution in [0.4, 0.5) is 0 Å². The molecule has 0 bridgehead atoms. The Morgan fingerprint density at radius 3 is 2.42 bits per heavy atom. The summed E-state index contributed by atoms with van der Waals surface area (Å²) in [6.07, 6.45) is 0. The molecule has 2 aromatic carbocycles. The highest BCUT2D eigenvalue weighted by atomic mass is 35.5. The number of benzene rings is 2. The molecular formula is C18H20Cl2N2O3S. The maximum absolute atomic E-state index is 12.9. The number of halogens is 2. The van der Waals surface area contributed by atoms with Gasteiger partial charge in [-0.05, 0) is 29.8 Å². The lowest BCUT2D eigenvalue weighted by Crippen LogP contribution is -2.48. The van der Waals surface area contributed by atoms with E-state index >= 15 is 0 Å². The fourth-order valence-electron chi connectivity index (χ4n) is 2.98. The average molecular weight is 415 g/mol. The molecule has 0 unspecified atom stereocenters. The molecule has 1 fully saturated rings. The number of hydrogen-bond acceptors (Lipinski definition) is 4. The molecule has 1 aliphatic heterocycles. The molecule has 0 N–H and O–H groups in total. The molecule has 5 nitrogen and oxygen atoms in total. The lowest BCUT2D eigenvalue weighted by atomic mass is 10.2. The van der Waals surface area contributed by atoms with Crippen LogP contribution in [0.5, 0.6) is 5.75 Å². The fraction of sp³-hybridized carbons (Fsp3) is 0.333. The van der Waals surface area contributed by atoms with Crippen LogP contribution in [0.2, 0.25) is 10.0 Å². The summed E-state index contributed by atoms with van der Waals surface area (Å²) in [7, 11) is -2.01. The molecule has 0 amide bonds. The molecule has 0 saturated carbocycles. The predicted octanol–water partition coefficient (Wildman–Crippen LogP) is 3.51. The summed E-state index contributed by atoms with van der Waals surface area (Å²) < 4.78 is 32.4. The summed E-state index contributed by atoms with van der Waals surface area (Å²) in [6, 6.07) is 12.6. The van der Waals surface area contributed by atoms with Crippen molar-refractivity contribution in [2.24, 2.45) is 0 Å². The van der Waals surface area contributed by atoms with E-state index in [2.05, 4.69) is 4.90 Å². The molecule has 3 rings (SSSR count). The molecule has 0 spiro atoms. The smallest absolute Gasteiger partial charge is 0.244 e. The van der Waals surface area contributed by atoms with Crippen LogP contribution in [0.1, 0.15) is 5.56 Å². The van der Waals surface area contributed by atoms with E-state index in [1.54, 1.807) is 19.2 Å². The summed E-state index contributed by atoms with van der Waals surface area (Å²) >= 11 is 12.1. The van der Waals surface area contributed by atoms with E-state index in [1.165, 1.54) is 10.4 Å². The SMILES string of the molecule is COc1cccc(CN2CCN(S(=O)(=O)c3cccc(Cl)c3Cl)CC2)c1. The Bertz CT molecular complexity index is 882. The van der Waals surface area contributed by atoms with E-state index in [1.807, 2.05) is 24.3 Å². The van der Waals surface area contributed by atoms with Crippen LogP contribution < -0.4 is 4.74 Å². The number of methoxy groups -OCH3 is 1. The van der Waals surface area contributed by atoms with Gasteiger partial charge < -0.3 is 4.74 Å². The predicted molar refractivity (Wildman–Crippen MR) is 103 cm³/mol. The van der Waals surface area contributed by atoms with Crippen molar-refractivity contribution < 1.29 is 13.2 Å². The number of sulfonamides is 1. The molecule has 140 valence electrons. The Balaban J connectivity index is 1.67. The quantitative estimate of drug-likeness (QED) is 0.750. The Morgan fingerprint density at radius 1 is 1.04 bits per heavy atom. The van der Waals surface area contributed by atoms with Crippen LogP contribution in [-0.2, 0) is 16.6 Å². The van der Waals surface area contributed by atoms with Crippen molar-refractivity contribution in [2.75, 3.05) is 33.3 Å². The molecule has 26 heavy (non-hydrogen) atoms. The van der Waals surface area contributed by atoms with Gasteiger partial charge in [-0.25, -0.2) is 8.42 Å². The van der Waals surface area contributed by atoms with Gasteiger partial charge >= 0.3 is 0 Å². The third-order valence-corrected chi connectivity index (χ3v) is 7.28. The van der Waals surface area contributed by atoms with Gasteiger partial charge in [0.05, 0.1) is 17.2 Å². The van der Waals surface area contributed by atoms with Gasteiger partial charge in [-0.15, -0.1) is 0 Å². The third kappa shape index (κ3) is 4.15. The summed E-state index contributed by atoms with van der Waals surface area (Å²) in [4.78, 5) is 2.29. The molecule has 8 heteroatoms. The average Bonchev–Trinajstić information content (AvgIpc) is 2.64. The van der Waals surface area contributed by atoms with Gasteiger partial charge in [-0.2, -0.15) is 4.31 Å². The van der Waals surface area contributed by atoms with Crippen molar-refractivity contribution in [3.8, 4) is 5.75 Å². The van der Waals surface area contributed by atoms with Gasteiger partial charge in [0.2, 0.25) is 10.0 Å². The van der Waals surface area contributed by atoms with E-state index in [-0.39, 0.29) is 14.9 Å². The van der Waals surface area contributed by atoms with E-state index in [0.29, 0.717) is 26.2 Å². The molecule has 2 aromatic rings. The number of piperazine rings is 1. The summed E-state index contributed by atoms with van der Waals surface area (Å²) in [5.41, 5.74) is 1.14. The van der Waals surface area contributed by atoms with Crippen molar-refractivity contribution in [3.63, 3.8) is 0 Å². The topological polar surface area (TPSA) is 49.9 Å². The van der Waals surface area contributed by atoms with Gasteiger partial charge in [0.15, 0.2) is 0 Å². The highest BCUT2D eigenvalue weighted by Crippen LogP contribution is 2.31. The van der Waals surface area contributed by atoms with Crippen LogP contribution in [0.25, 0.3) is 0 Å². The highest BCUT2D eigenvalue weighted by molar-refractivity contribution is 7.89. The van der Waals surface area contributed by atoms with Crippen molar-refractivity contribution >= 4 is 33.2 Å². The van der Waals surface area contributed by atoms with Crippen molar-refractivity contribution in [1.82, 2.24) is 9.21 Å². The molecule has 0 atom stereocenters. The van der Waals surface area contributed by atoms with E-state index in [4.69, 9.17) is 27.9 Å². The van der Waals surface area contributed by atoms with Gasteiger partial charge in [0.25, 0.3) is 0 Å². The van der Waals surface area contributed by atoms with E-state index in [0.717, 1.165) is 17.9 Å². The molecule has 0 radical (unpaired) electrons. The fourth-order valence-corrected chi connectivity index (χ4v) is 5.14. The lowest BCUT2D eigenvalue weighted by molar-refractivity contribution is 0.181. The van der Waals surface area contributed by atoms with Crippen LogP contribution in [0, 0.1) is 0 Å². The van der Waals surface area contributed by atoms with Gasteiger partial charge in [0, 0.05) is 32.7 Å². The minimum Gasteiger partial charge on any atom is -0.497 e. The summed E-state index contributed by atoms with van der Waals surface area (Å²) in [5.74, 6) is 0.819. The largest absolute Gasteiger partial charge is 0.497 e. The first-order chi connectivity index (χ1) is 12.4. The van der Waals surface area contributed by atoms with Crippen LogP contribution in [-0.4, -0.2) is 50.9 Å². The van der Waals surface area contributed by atoms with E-state index in [9.17, 15) is 8.42 Å². The lowest BCUT2D eigenvalue weighted by Gasteiger charge is -2.34. The first-order valence-corrected chi connectivity index (χ1v) is 10.4. The zero-order valence-electron chi connectivity index (χ0n) is 14.4. The van der Waals surface area contributed by atoms with Crippen LogP contribution in [0.3, 0.4) is 0 Å². The Hall–Kier alpha value is -1.31. The molecular weight excluding hydrogens is 395 g/mol. The van der Waals surface area contributed by atoms with Gasteiger partial charge in [-0.3, -0.25) is 4.90 Å². The maximum atomic E-state index is 12.9. The van der Waals surface area contributed by atoms with Crippen molar-refractivity contribution in [2.45, 2.75) is 11.4 Å². The molecule has 1 saturated heterocycles. The first-order valence-electron chi connectivity index (χ1n) is 8.21. The monoisotopic (exact) mass is 414 g/mol. The van der Waals surface area contributed by atoms with Crippen molar-refractivity contribution in [1.29, 1.82) is 0 Å². The standard InChI is InChI=1S/C18H20Cl2N2O3S/c1-25-15-5-2-4-14(12-15)13-21-8-10-22(11-9-21)26(23,24)17-7-3-6-16(19)18(17)20/h2-7,12H,8-11,13H2,1H3. The second kappa shape index (κ2) is 8.15.